The molecule has 8 nitrogen and oxygen atoms in total. The van der Waals surface area contributed by atoms with Crippen LogP contribution < -0.4 is 5.32 Å². The summed E-state index contributed by atoms with van der Waals surface area (Å²) in [4.78, 5) is 20.8. The van der Waals surface area contributed by atoms with Crippen molar-refractivity contribution in [2.45, 2.75) is 24.7 Å². The quantitative estimate of drug-likeness (QED) is 0.654. The highest BCUT2D eigenvalue weighted by Crippen LogP contribution is 2.23. The van der Waals surface area contributed by atoms with Gasteiger partial charge in [0.25, 0.3) is 5.91 Å². The van der Waals surface area contributed by atoms with Crippen LogP contribution in [0.25, 0.3) is 5.82 Å². The Morgan fingerprint density at radius 2 is 2.06 bits per heavy atom. The Hall–Kier alpha value is -3.11. The Balaban J connectivity index is 1.48. The molecule has 1 aliphatic heterocycles. The molecule has 1 amide bonds. The van der Waals surface area contributed by atoms with E-state index < -0.39 is 21.7 Å². The number of carbonyl (C=O) groups is 1. The van der Waals surface area contributed by atoms with Gasteiger partial charge in [0.1, 0.15) is 28.6 Å². The number of sulfonamides is 1. The highest BCUT2D eigenvalue weighted by Gasteiger charge is 2.28. The van der Waals surface area contributed by atoms with Crippen LogP contribution >= 0.6 is 0 Å². The second-order valence-corrected chi connectivity index (χ2v) is 9.53. The van der Waals surface area contributed by atoms with Gasteiger partial charge in [-0.2, -0.15) is 4.31 Å². The maximum absolute atomic E-state index is 13.3. The third-order valence-corrected chi connectivity index (χ3v) is 6.99. The fourth-order valence-corrected chi connectivity index (χ4v) is 5.06. The molecule has 1 aromatic carbocycles. The Kier molecular flexibility index (Phi) is 5.84. The molecule has 0 radical (unpaired) electrons. The van der Waals surface area contributed by atoms with Gasteiger partial charge < -0.3 is 5.32 Å². The summed E-state index contributed by atoms with van der Waals surface area (Å²) in [7, 11) is -3.59. The number of anilines is 1. The predicted octanol–water partition coefficient (Wildman–Crippen LogP) is 3.08. The minimum absolute atomic E-state index is 0.116. The molecule has 0 aliphatic carbocycles. The highest BCUT2D eigenvalue weighted by atomic mass is 32.2. The van der Waals surface area contributed by atoms with E-state index in [1.807, 2.05) is 6.92 Å². The van der Waals surface area contributed by atoms with E-state index in [1.165, 1.54) is 51.9 Å². The Bertz CT molecular complexity index is 1190. The molecule has 162 valence electrons. The van der Waals surface area contributed by atoms with Gasteiger partial charge in [0.15, 0.2) is 0 Å². The summed E-state index contributed by atoms with van der Waals surface area (Å²) in [6, 6.07) is 8.62. The van der Waals surface area contributed by atoms with Crippen molar-refractivity contribution in [2.75, 3.05) is 18.4 Å². The van der Waals surface area contributed by atoms with Crippen LogP contribution in [0.1, 0.15) is 30.3 Å². The summed E-state index contributed by atoms with van der Waals surface area (Å²) in [5, 5.41) is 2.57. The number of halogens is 1. The van der Waals surface area contributed by atoms with E-state index in [0.717, 1.165) is 12.8 Å². The minimum Gasteiger partial charge on any atom is -0.321 e. The Morgan fingerprint density at radius 3 is 2.77 bits per heavy atom. The van der Waals surface area contributed by atoms with Crippen molar-refractivity contribution in [2.24, 2.45) is 5.92 Å². The van der Waals surface area contributed by atoms with Crippen LogP contribution in [-0.2, 0) is 10.0 Å². The summed E-state index contributed by atoms with van der Waals surface area (Å²) in [6.45, 7) is 3.07. The molecule has 2 aromatic heterocycles. The molecule has 1 fully saturated rings. The number of benzene rings is 1. The van der Waals surface area contributed by atoms with Crippen LogP contribution in [0, 0.1) is 11.7 Å². The van der Waals surface area contributed by atoms with E-state index in [0.29, 0.717) is 30.5 Å². The standard InChI is InChI=1S/C21H22FN5O3S/c1-15-4-3-9-27(12-15)31(29,30)18-7-8-20(23-11-18)26-13-19(24-14-26)21(28)25-17-6-2-5-16(22)10-17/h2,5-8,10-11,13-15H,3-4,9,12H2,1H3,(H,25,28)/t15-/m0/s1. The maximum Gasteiger partial charge on any atom is 0.275 e. The molecule has 1 saturated heterocycles. The number of hydrogen-bond acceptors (Lipinski definition) is 5. The van der Waals surface area contributed by atoms with Gasteiger partial charge in [-0.15, -0.1) is 0 Å². The average molecular weight is 444 g/mol. The second kappa shape index (κ2) is 8.56. The van der Waals surface area contributed by atoms with Crippen molar-refractivity contribution in [3.05, 3.63) is 66.6 Å². The summed E-state index contributed by atoms with van der Waals surface area (Å²) < 4.78 is 42.0. The van der Waals surface area contributed by atoms with Gasteiger partial charge >= 0.3 is 0 Å². The second-order valence-electron chi connectivity index (χ2n) is 7.59. The van der Waals surface area contributed by atoms with E-state index >= 15 is 0 Å². The van der Waals surface area contributed by atoms with E-state index in [9.17, 15) is 17.6 Å². The summed E-state index contributed by atoms with van der Waals surface area (Å²) in [6.07, 6.45) is 6.07. The van der Waals surface area contributed by atoms with Gasteiger partial charge in [-0.05, 0) is 49.1 Å². The molecule has 31 heavy (non-hydrogen) atoms. The monoisotopic (exact) mass is 443 g/mol. The molecule has 1 atom stereocenters. The summed E-state index contributed by atoms with van der Waals surface area (Å²) in [5.41, 5.74) is 0.435. The zero-order chi connectivity index (χ0) is 22.0. The van der Waals surface area contributed by atoms with Gasteiger partial charge in [-0.1, -0.05) is 13.0 Å². The lowest BCUT2D eigenvalue weighted by Gasteiger charge is -2.29. The molecule has 4 rings (SSSR count). The first kappa shape index (κ1) is 21.1. The molecule has 10 heteroatoms. The SMILES string of the molecule is C[C@H]1CCCN(S(=O)(=O)c2ccc(-n3cnc(C(=O)Nc4cccc(F)c4)c3)nc2)C1. The first-order valence-electron chi connectivity index (χ1n) is 9.90. The number of hydrogen-bond donors (Lipinski definition) is 1. The van der Waals surface area contributed by atoms with E-state index in [1.54, 1.807) is 12.1 Å². The Labute approximate surface area is 179 Å². The molecule has 0 unspecified atom stereocenters. The molecule has 0 bridgehead atoms. The number of carbonyl (C=O) groups excluding carboxylic acids is 1. The lowest BCUT2D eigenvalue weighted by atomic mass is 10.0. The van der Waals surface area contributed by atoms with E-state index in [4.69, 9.17) is 0 Å². The third-order valence-electron chi connectivity index (χ3n) is 5.14. The molecule has 3 heterocycles. The van der Waals surface area contributed by atoms with Crippen LogP contribution in [0.15, 0.2) is 60.0 Å². The largest absolute Gasteiger partial charge is 0.321 e. The number of pyridine rings is 1. The molecular formula is C21H22FN5O3S. The van der Waals surface area contributed by atoms with Crippen molar-refractivity contribution in [1.82, 2.24) is 18.8 Å². The van der Waals surface area contributed by atoms with Crippen LogP contribution in [0.4, 0.5) is 10.1 Å². The fraction of sp³-hybridized carbons (Fsp3) is 0.286. The van der Waals surface area contributed by atoms with Gasteiger partial charge in [-0.25, -0.2) is 22.8 Å². The minimum atomic E-state index is -3.59. The van der Waals surface area contributed by atoms with Crippen LogP contribution in [-0.4, -0.2) is 46.3 Å². The average Bonchev–Trinajstić information content (AvgIpc) is 3.24. The molecule has 0 spiro atoms. The topological polar surface area (TPSA) is 97.2 Å². The number of nitrogens with one attached hydrogen (secondary N) is 1. The van der Waals surface area contributed by atoms with Crippen LogP contribution in [0.2, 0.25) is 0 Å². The number of aromatic nitrogens is 3. The van der Waals surface area contributed by atoms with Crippen molar-refractivity contribution in [3.63, 3.8) is 0 Å². The lowest BCUT2D eigenvalue weighted by molar-refractivity contribution is 0.102. The normalized spacial score (nSPS) is 17.4. The van der Waals surface area contributed by atoms with Crippen molar-refractivity contribution >= 4 is 21.6 Å². The first-order valence-corrected chi connectivity index (χ1v) is 11.3. The van der Waals surface area contributed by atoms with Gasteiger partial charge in [0, 0.05) is 31.2 Å². The lowest BCUT2D eigenvalue weighted by Crippen LogP contribution is -2.39. The zero-order valence-electron chi connectivity index (χ0n) is 16.9. The number of piperidine rings is 1. The van der Waals surface area contributed by atoms with Gasteiger partial charge in [0.05, 0.1) is 0 Å². The van der Waals surface area contributed by atoms with E-state index in [-0.39, 0.29) is 10.6 Å². The number of nitrogens with zero attached hydrogens (tertiary/aromatic N) is 4. The molecular weight excluding hydrogens is 421 g/mol. The van der Waals surface area contributed by atoms with Crippen LogP contribution in [0.3, 0.4) is 0 Å². The fourth-order valence-electron chi connectivity index (χ4n) is 3.52. The molecule has 1 aliphatic rings. The zero-order valence-corrected chi connectivity index (χ0v) is 17.7. The van der Waals surface area contributed by atoms with Crippen molar-refractivity contribution in [3.8, 4) is 5.82 Å². The number of amides is 1. The maximum atomic E-state index is 13.3. The Morgan fingerprint density at radius 1 is 1.23 bits per heavy atom. The highest BCUT2D eigenvalue weighted by molar-refractivity contribution is 7.89. The smallest absolute Gasteiger partial charge is 0.275 e. The van der Waals surface area contributed by atoms with E-state index in [2.05, 4.69) is 15.3 Å². The van der Waals surface area contributed by atoms with Gasteiger partial charge in [0.2, 0.25) is 10.0 Å². The van der Waals surface area contributed by atoms with Crippen molar-refractivity contribution in [1.29, 1.82) is 0 Å². The third kappa shape index (κ3) is 4.64. The molecule has 3 aromatic rings. The van der Waals surface area contributed by atoms with Crippen LogP contribution in [0.5, 0.6) is 0 Å². The summed E-state index contributed by atoms with van der Waals surface area (Å²) >= 11 is 0. The molecule has 0 saturated carbocycles. The van der Waals surface area contributed by atoms with Crippen molar-refractivity contribution < 1.29 is 17.6 Å². The summed E-state index contributed by atoms with van der Waals surface area (Å²) in [5.74, 6) is -0.203. The predicted molar refractivity (Wildman–Crippen MR) is 113 cm³/mol. The number of rotatable bonds is 5. The van der Waals surface area contributed by atoms with Gasteiger partial charge in [-0.3, -0.25) is 9.36 Å². The molecule has 1 N–H and O–H groups in total. The first-order chi connectivity index (χ1) is 14.8. The number of imidazole rings is 1.